The summed E-state index contributed by atoms with van der Waals surface area (Å²) in [6.07, 6.45) is 0.463. The van der Waals surface area contributed by atoms with Crippen LogP contribution in [0.1, 0.15) is 16.1 Å². The lowest BCUT2D eigenvalue weighted by Crippen LogP contribution is -2.29. The second-order valence-corrected chi connectivity index (χ2v) is 6.00. The molecule has 23 heavy (non-hydrogen) atoms. The van der Waals surface area contributed by atoms with Crippen molar-refractivity contribution in [2.45, 2.75) is 6.42 Å². The Kier molecular flexibility index (Phi) is 6.18. The van der Waals surface area contributed by atoms with Crippen molar-refractivity contribution in [2.24, 2.45) is 0 Å². The minimum atomic E-state index is -0.315. The van der Waals surface area contributed by atoms with Crippen LogP contribution in [0.25, 0.3) is 0 Å². The first-order valence-corrected chi connectivity index (χ1v) is 8.00. The zero-order valence-electron chi connectivity index (χ0n) is 12.7. The lowest BCUT2D eigenvalue weighted by atomic mass is 10.1. The average molecular weight is 398 g/mol. The molecule has 0 aliphatic carbocycles. The maximum absolute atomic E-state index is 11.9. The van der Waals surface area contributed by atoms with Crippen LogP contribution in [-0.2, 0) is 6.42 Å². The largest absolute Gasteiger partial charge is 0.496 e. The summed E-state index contributed by atoms with van der Waals surface area (Å²) in [5, 5.41) is 2.73. The minimum absolute atomic E-state index is 0.231. The van der Waals surface area contributed by atoms with Crippen LogP contribution in [0.4, 0.5) is 0 Å². The molecule has 2 rings (SSSR count). The first-order valence-electron chi connectivity index (χ1n) is 6.80. The van der Waals surface area contributed by atoms with Crippen molar-refractivity contribution in [3.05, 3.63) is 46.3 Å². The lowest BCUT2D eigenvalue weighted by Gasteiger charge is -2.13. The van der Waals surface area contributed by atoms with Crippen LogP contribution in [0, 0.1) is 0 Å². The predicted molar refractivity (Wildman–Crippen MR) is 94.6 cm³/mol. The molecule has 0 unspecified atom stereocenters. The van der Waals surface area contributed by atoms with Crippen molar-refractivity contribution in [1.29, 1.82) is 0 Å². The van der Waals surface area contributed by atoms with Crippen LogP contribution in [0.15, 0.2) is 39.4 Å². The zero-order chi connectivity index (χ0) is 16.8. The van der Waals surface area contributed by atoms with Gasteiger partial charge in [0, 0.05) is 23.4 Å². The summed E-state index contributed by atoms with van der Waals surface area (Å²) in [7, 11) is 3.19. The number of amides is 1. The fraction of sp³-hybridized carbons (Fsp3) is 0.250. The highest BCUT2D eigenvalue weighted by Crippen LogP contribution is 2.28. The topological polar surface area (TPSA) is 60.7 Å². The molecule has 0 aliphatic heterocycles. The maximum Gasteiger partial charge on any atom is 0.287 e. The Morgan fingerprint density at radius 3 is 2.39 bits per heavy atom. The van der Waals surface area contributed by atoms with Gasteiger partial charge in [0.05, 0.1) is 14.2 Å². The van der Waals surface area contributed by atoms with Crippen LogP contribution in [0.2, 0.25) is 0 Å². The quantitative estimate of drug-likeness (QED) is 0.725. The Bertz CT molecular complexity index is 692. The van der Waals surface area contributed by atoms with E-state index in [0.29, 0.717) is 27.5 Å². The molecule has 122 valence electrons. The lowest BCUT2D eigenvalue weighted by molar-refractivity contribution is 0.0930. The number of rotatable bonds is 7. The number of carbonyl (C=O) groups is 1. The van der Waals surface area contributed by atoms with Gasteiger partial charge in [-0.15, -0.1) is 0 Å². The van der Waals surface area contributed by atoms with E-state index in [1.165, 1.54) is 0 Å². The summed E-state index contributed by atoms with van der Waals surface area (Å²) >= 11 is 8.52. The van der Waals surface area contributed by atoms with Crippen LogP contribution in [-0.4, -0.2) is 31.5 Å². The fourth-order valence-corrected chi connectivity index (χ4v) is 2.59. The molecule has 5 nitrogen and oxygen atoms in total. The van der Waals surface area contributed by atoms with Crippen molar-refractivity contribution in [3.63, 3.8) is 0 Å². The molecule has 2 aromatic rings. The van der Waals surface area contributed by atoms with Gasteiger partial charge in [0.15, 0.2) is 10.4 Å². The molecule has 0 saturated carbocycles. The number of carbonyl (C=O) groups excluding carboxylic acids is 1. The standard InChI is InChI=1S/C16H16BrNO4S/c1-20-12-4-3-5-13(21-2)11(12)8-10(23)9-18-16(19)14-6-7-15(17)22-14/h3-7H,8-9H2,1-2H3,(H,18,19). The summed E-state index contributed by atoms with van der Waals surface area (Å²) in [6, 6.07) is 8.79. The number of thiocarbonyl (C=S) groups is 1. The van der Waals surface area contributed by atoms with Crippen molar-refractivity contribution >= 4 is 38.9 Å². The second kappa shape index (κ2) is 8.12. The minimum Gasteiger partial charge on any atom is -0.496 e. The Labute approximate surface area is 148 Å². The van der Waals surface area contributed by atoms with Gasteiger partial charge in [-0.3, -0.25) is 4.79 Å². The van der Waals surface area contributed by atoms with Crippen LogP contribution in [0.3, 0.4) is 0 Å². The zero-order valence-corrected chi connectivity index (χ0v) is 15.1. The molecular formula is C16H16BrNO4S. The number of ether oxygens (including phenoxy) is 2. The van der Waals surface area contributed by atoms with Gasteiger partial charge in [0.25, 0.3) is 5.91 Å². The van der Waals surface area contributed by atoms with E-state index in [2.05, 4.69) is 21.2 Å². The number of nitrogens with one attached hydrogen (secondary N) is 1. The van der Waals surface area contributed by atoms with Gasteiger partial charge >= 0.3 is 0 Å². The van der Waals surface area contributed by atoms with Crippen molar-refractivity contribution in [2.75, 3.05) is 20.8 Å². The van der Waals surface area contributed by atoms with Gasteiger partial charge in [0.2, 0.25) is 0 Å². The first-order chi connectivity index (χ1) is 11.0. The molecule has 0 bridgehead atoms. The third-order valence-corrected chi connectivity index (χ3v) is 3.86. The monoisotopic (exact) mass is 397 g/mol. The van der Waals surface area contributed by atoms with Crippen LogP contribution < -0.4 is 14.8 Å². The average Bonchev–Trinajstić information content (AvgIpc) is 2.99. The van der Waals surface area contributed by atoms with E-state index in [1.54, 1.807) is 26.4 Å². The smallest absolute Gasteiger partial charge is 0.287 e. The van der Waals surface area contributed by atoms with E-state index < -0.39 is 0 Å². The van der Waals surface area contributed by atoms with E-state index in [4.69, 9.17) is 26.1 Å². The molecule has 0 atom stereocenters. The molecule has 1 aromatic carbocycles. The highest BCUT2D eigenvalue weighted by Gasteiger charge is 2.14. The summed E-state index contributed by atoms with van der Waals surface area (Å²) in [5.74, 6) is 1.32. The summed E-state index contributed by atoms with van der Waals surface area (Å²) < 4.78 is 16.4. The molecule has 0 saturated heterocycles. The number of benzene rings is 1. The van der Waals surface area contributed by atoms with Gasteiger partial charge in [0.1, 0.15) is 11.5 Å². The molecule has 1 amide bonds. The number of furan rings is 1. The Balaban J connectivity index is 1.99. The molecular weight excluding hydrogens is 382 g/mol. The molecule has 0 aliphatic rings. The van der Waals surface area contributed by atoms with Gasteiger partial charge < -0.3 is 19.2 Å². The van der Waals surface area contributed by atoms with Crippen LogP contribution >= 0.6 is 28.1 Å². The molecule has 0 spiro atoms. The van der Waals surface area contributed by atoms with Crippen molar-refractivity contribution in [1.82, 2.24) is 5.32 Å². The van der Waals surface area contributed by atoms with E-state index in [0.717, 1.165) is 5.56 Å². The highest BCUT2D eigenvalue weighted by atomic mass is 79.9. The fourth-order valence-electron chi connectivity index (χ4n) is 2.06. The normalized spacial score (nSPS) is 10.2. The van der Waals surface area contributed by atoms with Gasteiger partial charge in [-0.1, -0.05) is 18.3 Å². The molecule has 1 N–H and O–H groups in total. The summed E-state index contributed by atoms with van der Waals surface area (Å²) in [4.78, 5) is 12.6. The molecule has 1 aromatic heterocycles. The molecule has 0 fully saturated rings. The first kappa shape index (κ1) is 17.5. The highest BCUT2D eigenvalue weighted by molar-refractivity contribution is 9.10. The third kappa shape index (κ3) is 4.56. The number of methoxy groups -OCH3 is 2. The van der Waals surface area contributed by atoms with Crippen molar-refractivity contribution < 1.29 is 18.7 Å². The third-order valence-electron chi connectivity index (χ3n) is 3.15. The van der Waals surface area contributed by atoms with Gasteiger partial charge in [-0.25, -0.2) is 0 Å². The van der Waals surface area contributed by atoms with Crippen molar-refractivity contribution in [3.8, 4) is 11.5 Å². The summed E-state index contributed by atoms with van der Waals surface area (Å²) in [6.45, 7) is 0.258. The van der Waals surface area contributed by atoms with E-state index in [9.17, 15) is 4.79 Å². The van der Waals surface area contributed by atoms with Gasteiger partial charge in [-0.2, -0.15) is 0 Å². The molecule has 1 heterocycles. The second-order valence-electron chi connectivity index (χ2n) is 4.64. The van der Waals surface area contributed by atoms with E-state index in [-0.39, 0.29) is 18.2 Å². The van der Waals surface area contributed by atoms with Crippen LogP contribution in [0.5, 0.6) is 11.5 Å². The predicted octanol–water partition coefficient (Wildman–Crippen LogP) is 3.40. The number of halogens is 1. The maximum atomic E-state index is 11.9. The Hall–Kier alpha value is -1.86. The SMILES string of the molecule is COc1cccc(OC)c1CC(=S)CNC(=O)c1ccc(Br)o1. The Morgan fingerprint density at radius 1 is 1.22 bits per heavy atom. The Morgan fingerprint density at radius 2 is 1.87 bits per heavy atom. The van der Waals surface area contributed by atoms with E-state index in [1.807, 2.05) is 18.2 Å². The molecule has 0 radical (unpaired) electrons. The molecule has 7 heteroatoms. The summed E-state index contributed by atoms with van der Waals surface area (Å²) in [5.41, 5.74) is 0.859. The number of hydrogen-bond acceptors (Lipinski definition) is 5. The number of hydrogen-bond donors (Lipinski definition) is 1. The van der Waals surface area contributed by atoms with Gasteiger partial charge in [-0.05, 0) is 40.2 Å². The van der Waals surface area contributed by atoms with E-state index >= 15 is 0 Å².